The number of rotatable bonds is 9. The molecule has 1 aromatic carbocycles. The highest BCUT2D eigenvalue weighted by Crippen LogP contribution is 2.11. The molecule has 0 aromatic heterocycles. The minimum absolute atomic E-state index is 0.00481. The number of hydrogen-bond donors (Lipinski definition) is 2. The number of Topliss-reactive ketones (excluding diaryl/α,β-unsaturated/α-hetero) is 1. The van der Waals surface area contributed by atoms with E-state index in [1.165, 1.54) is 13.1 Å². The third kappa shape index (κ3) is 6.23. The molecule has 0 saturated carbocycles. The Hall–Kier alpha value is -2.65. The maximum atomic E-state index is 12.1. The van der Waals surface area contributed by atoms with Gasteiger partial charge in [0.2, 0.25) is 0 Å². The van der Waals surface area contributed by atoms with Crippen LogP contribution < -0.4 is 10.6 Å². The van der Waals surface area contributed by atoms with Crippen LogP contribution in [-0.2, 0) is 4.79 Å². The number of carbonyl (C=O) groups excluding carboxylic acids is 2. The van der Waals surface area contributed by atoms with Gasteiger partial charge in [0.1, 0.15) is 11.6 Å². The van der Waals surface area contributed by atoms with Crippen molar-refractivity contribution in [2.75, 3.05) is 31.5 Å². The summed E-state index contributed by atoms with van der Waals surface area (Å²) >= 11 is 0. The number of benzene rings is 1. The standard InChI is InChI=1S/C18H24N4O2/c1-4-22(5-2)11-10-20-13-16(12-19)18(24)21-17-8-6-15(7-9-17)14(3)23/h6-9,13,20H,4-5,10-11H2,1-3H3,(H,21,24)/b16-13-. The average molecular weight is 328 g/mol. The highest BCUT2D eigenvalue weighted by molar-refractivity contribution is 6.06. The summed E-state index contributed by atoms with van der Waals surface area (Å²) in [5.74, 6) is -0.522. The van der Waals surface area contributed by atoms with Crippen molar-refractivity contribution in [2.24, 2.45) is 0 Å². The van der Waals surface area contributed by atoms with E-state index in [-0.39, 0.29) is 11.4 Å². The SMILES string of the molecule is CCN(CC)CCN/C=C(/C#N)C(=O)Nc1ccc(C(C)=O)cc1. The molecule has 1 aromatic rings. The zero-order chi connectivity index (χ0) is 17.9. The van der Waals surface area contributed by atoms with E-state index < -0.39 is 5.91 Å². The second kappa shape index (κ2) is 10.2. The largest absolute Gasteiger partial charge is 0.388 e. The van der Waals surface area contributed by atoms with E-state index in [1.807, 2.05) is 6.07 Å². The lowest BCUT2D eigenvalue weighted by Gasteiger charge is -2.17. The van der Waals surface area contributed by atoms with Gasteiger partial charge in [-0.15, -0.1) is 0 Å². The van der Waals surface area contributed by atoms with Gasteiger partial charge in [-0.25, -0.2) is 0 Å². The molecule has 2 N–H and O–H groups in total. The van der Waals surface area contributed by atoms with Gasteiger partial charge >= 0.3 is 0 Å². The van der Waals surface area contributed by atoms with Gasteiger partial charge in [-0.1, -0.05) is 13.8 Å². The number of ketones is 1. The lowest BCUT2D eigenvalue weighted by atomic mass is 10.1. The van der Waals surface area contributed by atoms with Gasteiger partial charge in [0, 0.05) is 30.5 Å². The molecule has 24 heavy (non-hydrogen) atoms. The van der Waals surface area contributed by atoms with Crippen molar-refractivity contribution in [2.45, 2.75) is 20.8 Å². The van der Waals surface area contributed by atoms with Gasteiger partial charge in [-0.3, -0.25) is 9.59 Å². The van der Waals surface area contributed by atoms with Gasteiger partial charge in [-0.2, -0.15) is 5.26 Å². The Morgan fingerprint density at radius 1 is 1.21 bits per heavy atom. The monoisotopic (exact) mass is 328 g/mol. The number of carbonyl (C=O) groups is 2. The lowest BCUT2D eigenvalue weighted by molar-refractivity contribution is -0.112. The van der Waals surface area contributed by atoms with Crippen LogP contribution in [-0.4, -0.2) is 42.8 Å². The van der Waals surface area contributed by atoms with Crippen LogP contribution in [0.3, 0.4) is 0 Å². The van der Waals surface area contributed by atoms with E-state index in [1.54, 1.807) is 24.3 Å². The van der Waals surface area contributed by atoms with Crippen LogP contribution in [0, 0.1) is 11.3 Å². The molecule has 0 radical (unpaired) electrons. The number of anilines is 1. The van der Waals surface area contributed by atoms with Crippen molar-refractivity contribution < 1.29 is 9.59 Å². The molecule has 0 aliphatic carbocycles. The summed E-state index contributed by atoms with van der Waals surface area (Å²) in [6.07, 6.45) is 1.43. The molecule has 1 rings (SSSR count). The first-order valence-corrected chi connectivity index (χ1v) is 8.00. The average Bonchev–Trinajstić information content (AvgIpc) is 2.58. The van der Waals surface area contributed by atoms with E-state index >= 15 is 0 Å². The molecule has 0 aliphatic rings. The van der Waals surface area contributed by atoms with Crippen molar-refractivity contribution in [3.8, 4) is 6.07 Å². The first-order valence-electron chi connectivity index (χ1n) is 8.00. The Labute approximate surface area is 143 Å². The Bertz CT molecular complexity index is 625. The minimum atomic E-state index is -0.483. The Morgan fingerprint density at radius 2 is 1.83 bits per heavy atom. The van der Waals surface area contributed by atoms with Crippen molar-refractivity contribution >= 4 is 17.4 Å². The molecule has 0 saturated heterocycles. The number of likely N-dealkylation sites (N-methyl/N-ethyl adjacent to an activating group) is 1. The van der Waals surface area contributed by atoms with Gasteiger partial charge in [-0.05, 0) is 44.3 Å². The molecule has 0 bridgehead atoms. The van der Waals surface area contributed by atoms with E-state index in [9.17, 15) is 9.59 Å². The second-order valence-corrected chi connectivity index (χ2v) is 5.24. The number of amides is 1. The Balaban J connectivity index is 2.58. The van der Waals surface area contributed by atoms with E-state index in [2.05, 4.69) is 29.4 Å². The smallest absolute Gasteiger partial charge is 0.267 e. The van der Waals surface area contributed by atoms with Gasteiger partial charge in [0.05, 0.1) is 0 Å². The lowest BCUT2D eigenvalue weighted by Crippen LogP contribution is -2.30. The van der Waals surface area contributed by atoms with Crippen molar-refractivity contribution in [3.63, 3.8) is 0 Å². The summed E-state index contributed by atoms with van der Waals surface area (Å²) in [4.78, 5) is 25.5. The minimum Gasteiger partial charge on any atom is -0.388 e. The number of nitrogens with zero attached hydrogens (tertiary/aromatic N) is 2. The zero-order valence-corrected chi connectivity index (χ0v) is 14.4. The Morgan fingerprint density at radius 3 is 2.33 bits per heavy atom. The number of nitrogens with one attached hydrogen (secondary N) is 2. The van der Waals surface area contributed by atoms with E-state index in [0.29, 0.717) is 17.8 Å². The van der Waals surface area contributed by atoms with Gasteiger partial charge in [0.15, 0.2) is 5.78 Å². The van der Waals surface area contributed by atoms with Crippen molar-refractivity contribution in [3.05, 3.63) is 41.6 Å². The van der Waals surface area contributed by atoms with Gasteiger partial charge in [0.25, 0.3) is 5.91 Å². The Kier molecular flexibility index (Phi) is 8.23. The van der Waals surface area contributed by atoms with Crippen LogP contribution in [0.1, 0.15) is 31.1 Å². The molecule has 0 unspecified atom stereocenters. The van der Waals surface area contributed by atoms with Crippen LogP contribution >= 0.6 is 0 Å². The van der Waals surface area contributed by atoms with Crippen molar-refractivity contribution in [1.29, 1.82) is 5.26 Å². The molecule has 128 valence electrons. The second-order valence-electron chi connectivity index (χ2n) is 5.24. The summed E-state index contributed by atoms with van der Waals surface area (Å²) in [6, 6.07) is 8.43. The summed E-state index contributed by atoms with van der Waals surface area (Å²) in [6.45, 7) is 9.08. The normalized spacial score (nSPS) is 11.0. The van der Waals surface area contributed by atoms with Crippen molar-refractivity contribution in [1.82, 2.24) is 10.2 Å². The summed E-state index contributed by atoms with van der Waals surface area (Å²) < 4.78 is 0. The predicted molar refractivity (Wildman–Crippen MR) is 94.6 cm³/mol. The highest BCUT2D eigenvalue weighted by Gasteiger charge is 2.09. The third-order valence-electron chi connectivity index (χ3n) is 3.63. The fourth-order valence-electron chi connectivity index (χ4n) is 2.07. The molecule has 6 heteroatoms. The topological polar surface area (TPSA) is 85.2 Å². The maximum Gasteiger partial charge on any atom is 0.267 e. The number of nitriles is 1. The van der Waals surface area contributed by atoms with Crippen LogP contribution in [0.2, 0.25) is 0 Å². The summed E-state index contributed by atoms with van der Waals surface area (Å²) in [5.41, 5.74) is 1.11. The molecular formula is C18H24N4O2. The number of hydrogen-bond acceptors (Lipinski definition) is 5. The highest BCUT2D eigenvalue weighted by atomic mass is 16.1. The molecule has 0 atom stereocenters. The van der Waals surface area contributed by atoms with Crippen LogP contribution in [0.5, 0.6) is 0 Å². The summed E-state index contributed by atoms with van der Waals surface area (Å²) in [7, 11) is 0. The van der Waals surface area contributed by atoms with Crippen LogP contribution in [0.25, 0.3) is 0 Å². The molecule has 0 aliphatic heterocycles. The van der Waals surface area contributed by atoms with E-state index in [4.69, 9.17) is 5.26 Å². The molecule has 0 fully saturated rings. The fourth-order valence-corrected chi connectivity index (χ4v) is 2.07. The predicted octanol–water partition coefficient (Wildman–Crippen LogP) is 2.17. The maximum absolute atomic E-state index is 12.1. The van der Waals surface area contributed by atoms with E-state index in [0.717, 1.165) is 19.6 Å². The molecule has 0 spiro atoms. The first kappa shape index (κ1) is 19.4. The quantitative estimate of drug-likeness (QED) is 0.314. The van der Waals surface area contributed by atoms with Gasteiger partial charge < -0.3 is 15.5 Å². The first-order chi connectivity index (χ1) is 11.5. The molecule has 0 heterocycles. The summed E-state index contributed by atoms with van der Waals surface area (Å²) in [5, 5.41) is 14.8. The zero-order valence-electron chi connectivity index (χ0n) is 14.4. The van der Waals surface area contributed by atoms with Crippen LogP contribution in [0.4, 0.5) is 5.69 Å². The molecular weight excluding hydrogens is 304 g/mol. The fraction of sp³-hybridized carbons (Fsp3) is 0.389. The third-order valence-corrected chi connectivity index (χ3v) is 3.63. The van der Waals surface area contributed by atoms with Crippen LogP contribution in [0.15, 0.2) is 36.0 Å². The molecule has 6 nitrogen and oxygen atoms in total. The molecule has 1 amide bonds.